The summed E-state index contributed by atoms with van der Waals surface area (Å²) in [6.07, 6.45) is 0.925. The standard InChI is InChI=1S/C12H22N2O3/c1-7(6-15)14-10(16)12(13)8-4-5-17-9(8)11(12,2)3/h7-9,15H,4-6,13H2,1-3H3,(H,14,16)/t7-,8?,9?,12?/m1/s1. The first-order valence-electron chi connectivity index (χ1n) is 6.18. The molecule has 1 aliphatic heterocycles. The van der Waals surface area contributed by atoms with Gasteiger partial charge in [-0.05, 0) is 13.3 Å². The molecule has 3 unspecified atom stereocenters. The molecule has 4 N–H and O–H groups in total. The number of aliphatic hydroxyl groups is 1. The van der Waals surface area contributed by atoms with E-state index in [0.717, 1.165) is 6.42 Å². The number of amides is 1. The van der Waals surface area contributed by atoms with Crippen LogP contribution >= 0.6 is 0 Å². The largest absolute Gasteiger partial charge is 0.394 e. The topological polar surface area (TPSA) is 84.6 Å². The Morgan fingerprint density at radius 3 is 2.88 bits per heavy atom. The minimum absolute atomic E-state index is 0.0765. The number of ether oxygens (including phenoxy) is 1. The van der Waals surface area contributed by atoms with Crippen LogP contribution in [0.4, 0.5) is 0 Å². The Labute approximate surface area is 102 Å². The van der Waals surface area contributed by atoms with Gasteiger partial charge in [-0.2, -0.15) is 0 Å². The molecule has 17 heavy (non-hydrogen) atoms. The molecule has 1 saturated carbocycles. The molecular weight excluding hydrogens is 220 g/mol. The van der Waals surface area contributed by atoms with Gasteiger partial charge in [0.05, 0.1) is 12.7 Å². The molecule has 5 nitrogen and oxygen atoms in total. The molecule has 1 amide bonds. The minimum Gasteiger partial charge on any atom is -0.394 e. The zero-order valence-corrected chi connectivity index (χ0v) is 10.7. The molecule has 2 aliphatic rings. The predicted molar refractivity (Wildman–Crippen MR) is 63.2 cm³/mol. The van der Waals surface area contributed by atoms with E-state index in [2.05, 4.69) is 5.32 Å². The summed E-state index contributed by atoms with van der Waals surface area (Å²) >= 11 is 0. The van der Waals surface area contributed by atoms with Crippen molar-refractivity contribution in [1.82, 2.24) is 5.32 Å². The number of aliphatic hydroxyl groups excluding tert-OH is 1. The van der Waals surface area contributed by atoms with Crippen molar-refractivity contribution in [3.8, 4) is 0 Å². The van der Waals surface area contributed by atoms with Gasteiger partial charge in [0.15, 0.2) is 0 Å². The van der Waals surface area contributed by atoms with E-state index in [1.54, 1.807) is 6.92 Å². The van der Waals surface area contributed by atoms with Crippen LogP contribution in [-0.4, -0.2) is 41.9 Å². The Kier molecular flexibility index (Phi) is 2.96. The van der Waals surface area contributed by atoms with Crippen molar-refractivity contribution in [3.05, 3.63) is 0 Å². The molecule has 0 radical (unpaired) electrons. The van der Waals surface area contributed by atoms with E-state index in [0.29, 0.717) is 6.61 Å². The summed E-state index contributed by atoms with van der Waals surface area (Å²) in [6, 6.07) is -0.264. The van der Waals surface area contributed by atoms with Crippen molar-refractivity contribution in [2.45, 2.75) is 44.9 Å². The first kappa shape index (κ1) is 12.8. The normalized spacial score (nSPS) is 40.3. The molecular formula is C12H22N2O3. The summed E-state index contributed by atoms with van der Waals surface area (Å²) < 4.78 is 5.63. The number of carbonyl (C=O) groups excluding carboxylic acids is 1. The van der Waals surface area contributed by atoms with Crippen molar-refractivity contribution in [1.29, 1.82) is 0 Å². The van der Waals surface area contributed by atoms with Crippen LogP contribution in [0, 0.1) is 11.3 Å². The third kappa shape index (κ3) is 1.53. The summed E-state index contributed by atoms with van der Waals surface area (Å²) in [5.74, 6) is -0.0702. The van der Waals surface area contributed by atoms with Gasteiger partial charge in [-0.25, -0.2) is 0 Å². The van der Waals surface area contributed by atoms with Gasteiger partial charge in [0.2, 0.25) is 5.91 Å². The molecule has 1 saturated heterocycles. The van der Waals surface area contributed by atoms with Crippen molar-refractivity contribution in [3.63, 3.8) is 0 Å². The number of rotatable bonds is 3. The van der Waals surface area contributed by atoms with Crippen LogP contribution in [0.3, 0.4) is 0 Å². The second-order valence-corrected chi connectivity index (χ2v) is 5.83. The maximum Gasteiger partial charge on any atom is 0.241 e. The molecule has 0 bridgehead atoms. The molecule has 0 spiro atoms. The fraction of sp³-hybridized carbons (Fsp3) is 0.917. The molecule has 5 heteroatoms. The maximum absolute atomic E-state index is 12.3. The fourth-order valence-corrected chi connectivity index (χ4v) is 3.23. The lowest BCUT2D eigenvalue weighted by atomic mass is 9.48. The Balaban J connectivity index is 2.15. The molecule has 0 aromatic carbocycles. The van der Waals surface area contributed by atoms with E-state index in [-0.39, 0.29) is 36.0 Å². The average Bonchev–Trinajstić information content (AvgIpc) is 2.75. The van der Waals surface area contributed by atoms with Crippen LogP contribution in [-0.2, 0) is 9.53 Å². The van der Waals surface area contributed by atoms with Crippen molar-refractivity contribution < 1.29 is 14.6 Å². The quantitative estimate of drug-likeness (QED) is 0.630. The smallest absolute Gasteiger partial charge is 0.241 e. The maximum atomic E-state index is 12.3. The van der Waals surface area contributed by atoms with Gasteiger partial charge >= 0.3 is 0 Å². The molecule has 1 heterocycles. The van der Waals surface area contributed by atoms with Gasteiger partial charge in [0, 0.05) is 24.0 Å². The Bertz CT molecular complexity index is 332. The minimum atomic E-state index is -0.877. The first-order chi connectivity index (χ1) is 7.85. The number of hydrogen-bond donors (Lipinski definition) is 3. The number of fused-ring (bicyclic) bond motifs is 1. The summed E-state index contributed by atoms with van der Waals surface area (Å²) in [6.45, 7) is 6.31. The Morgan fingerprint density at radius 1 is 1.65 bits per heavy atom. The summed E-state index contributed by atoms with van der Waals surface area (Å²) in [5, 5.41) is 11.7. The summed E-state index contributed by atoms with van der Waals surface area (Å²) in [7, 11) is 0. The molecule has 4 atom stereocenters. The molecule has 0 aromatic rings. The molecule has 0 aromatic heterocycles. The zero-order chi connectivity index (χ0) is 12.8. The first-order valence-corrected chi connectivity index (χ1v) is 6.18. The second-order valence-electron chi connectivity index (χ2n) is 5.83. The van der Waals surface area contributed by atoms with Crippen LogP contribution in [0.15, 0.2) is 0 Å². The van der Waals surface area contributed by atoms with Crippen molar-refractivity contribution >= 4 is 5.91 Å². The number of nitrogens with two attached hydrogens (primary N) is 1. The van der Waals surface area contributed by atoms with Crippen LogP contribution in [0.1, 0.15) is 27.2 Å². The van der Waals surface area contributed by atoms with Gasteiger partial charge in [-0.15, -0.1) is 0 Å². The van der Waals surface area contributed by atoms with Crippen LogP contribution in [0.25, 0.3) is 0 Å². The molecule has 98 valence electrons. The predicted octanol–water partition coefficient (Wildman–Crippen LogP) is -0.374. The third-order valence-electron chi connectivity index (χ3n) is 4.48. The number of nitrogens with one attached hydrogen (secondary N) is 1. The zero-order valence-electron chi connectivity index (χ0n) is 10.7. The van der Waals surface area contributed by atoms with E-state index in [4.69, 9.17) is 15.6 Å². The lowest BCUT2D eigenvalue weighted by Crippen LogP contribution is -2.80. The second kappa shape index (κ2) is 3.93. The van der Waals surface area contributed by atoms with Crippen LogP contribution in [0.2, 0.25) is 0 Å². The average molecular weight is 242 g/mol. The highest BCUT2D eigenvalue weighted by atomic mass is 16.5. The van der Waals surface area contributed by atoms with Crippen molar-refractivity contribution in [2.24, 2.45) is 17.1 Å². The molecule has 2 rings (SSSR count). The Hall–Kier alpha value is -0.650. The van der Waals surface area contributed by atoms with Gasteiger partial charge in [0.1, 0.15) is 5.54 Å². The highest BCUT2D eigenvalue weighted by Crippen LogP contribution is 2.58. The van der Waals surface area contributed by atoms with E-state index in [1.165, 1.54) is 0 Å². The van der Waals surface area contributed by atoms with Gasteiger partial charge < -0.3 is 20.9 Å². The number of hydrogen-bond acceptors (Lipinski definition) is 4. The monoisotopic (exact) mass is 242 g/mol. The van der Waals surface area contributed by atoms with Crippen LogP contribution in [0.5, 0.6) is 0 Å². The Morgan fingerprint density at radius 2 is 2.29 bits per heavy atom. The van der Waals surface area contributed by atoms with E-state index < -0.39 is 5.54 Å². The van der Waals surface area contributed by atoms with Gasteiger partial charge in [0.25, 0.3) is 0 Å². The number of carbonyl (C=O) groups is 1. The van der Waals surface area contributed by atoms with Crippen LogP contribution < -0.4 is 11.1 Å². The summed E-state index contributed by atoms with van der Waals surface area (Å²) in [5.41, 5.74) is 5.11. The highest BCUT2D eigenvalue weighted by molar-refractivity contribution is 5.89. The molecule has 2 fully saturated rings. The van der Waals surface area contributed by atoms with E-state index in [1.807, 2.05) is 13.8 Å². The van der Waals surface area contributed by atoms with E-state index >= 15 is 0 Å². The highest BCUT2D eigenvalue weighted by Gasteiger charge is 2.71. The lowest BCUT2D eigenvalue weighted by molar-refractivity contribution is -0.176. The van der Waals surface area contributed by atoms with Gasteiger partial charge in [-0.1, -0.05) is 13.8 Å². The van der Waals surface area contributed by atoms with Crippen molar-refractivity contribution in [2.75, 3.05) is 13.2 Å². The summed E-state index contributed by atoms with van der Waals surface area (Å²) in [4.78, 5) is 12.3. The lowest BCUT2D eigenvalue weighted by Gasteiger charge is -2.60. The molecule has 1 aliphatic carbocycles. The fourth-order valence-electron chi connectivity index (χ4n) is 3.23. The van der Waals surface area contributed by atoms with Gasteiger partial charge in [-0.3, -0.25) is 4.79 Å². The third-order valence-corrected chi connectivity index (χ3v) is 4.48. The van der Waals surface area contributed by atoms with E-state index in [9.17, 15) is 4.79 Å². The SMILES string of the molecule is C[C@H](CO)NC(=O)C1(N)C2CCOC2C1(C)C.